The Bertz CT molecular complexity index is 868. The van der Waals surface area contributed by atoms with Crippen molar-refractivity contribution in [2.45, 2.75) is 49.8 Å². The minimum absolute atomic E-state index is 0.253. The average molecular weight is 443 g/mol. The number of hydroxylamine groups is 2. The van der Waals surface area contributed by atoms with Gasteiger partial charge in [-0.25, -0.2) is 20.0 Å². The minimum atomic E-state index is -1.23. The number of aryl methyl sites for hydroxylation is 1. The summed E-state index contributed by atoms with van der Waals surface area (Å²) in [6, 6.07) is -0.592. The molecule has 5 atom stereocenters. The van der Waals surface area contributed by atoms with Crippen molar-refractivity contribution in [1.29, 1.82) is 0 Å². The molecule has 0 aromatic carbocycles. The van der Waals surface area contributed by atoms with Gasteiger partial charge in [-0.3, -0.25) is 10.0 Å². The fourth-order valence-electron chi connectivity index (χ4n) is 3.40. The van der Waals surface area contributed by atoms with Gasteiger partial charge in [-0.15, -0.1) is 0 Å². The minimum Gasteiger partial charge on any atom is -0.388 e. The van der Waals surface area contributed by atoms with Gasteiger partial charge in [-0.1, -0.05) is 0 Å². The summed E-state index contributed by atoms with van der Waals surface area (Å²) in [5, 5.41) is 31.3. The number of carbonyl (C=O) groups is 1. The topological polar surface area (TPSA) is 187 Å². The van der Waals surface area contributed by atoms with Gasteiger partial charge >= 0.3 is 5.91 Å². The van der Waals surface area contributed by atoms with Crippen LogP contribution < -0.4 is 11.5 Å². The van der Waals surface area contributed by atoms with Gasteiger partial charge in [0, 0.05) is 13.0 Å². The zero-order valence-corrected chi connectivity index (χ0v) is 17.5. The quantitative estimate of drug-likeness (QED) is 0.212. The highest BCUT2D eigenvalue weighted by molar-refractivity contribution is 7.98. The smallest absolute Gasteiger partial charge is 0.304 e. The van der Waals surface area contributed by atoms with E-state index in [1.165, 1.54) is 6.33 Å². The standard InChI is InChI=1S/C17H27N7O5S/c1-30-5-3-9(18)17(27)24(28)6-11-14(26)13(25)10(29-11)2-4-23-8-22-12-15(19)20-7-21-16(12)23/h7-11,13-14,25-26,28H,2-6,18H2,1H3,(H2,19,20,21)/p+1/t9-,10-,11+,13-,14+/m0/s1. The fraction of sp³-hybridized carbons (Fsp3) is 0.647. The summed E-state index contributed by atoms with van der Waals surface area (Å²) < 4.78 is 7.49. The molecule has 8 N–H and O–H groups in total. The lowest BCUT2D eigenvalue weighted by Gasteiger charge is -2.22. The summed E-state index contributed by atoms with van der Waals surface area (Å²) in [5.74, 6) is 0.483. The molecule has 30 heavy (non-hydrogen) atoms. The van der Waals surface area contributed by atoms with Crippen LogP contribution in [0.4, 0.5) is 5.82 Å². The number of anilines is 1. The van der Waals surface area contributed by atoms with Gasteiger partial charge in [0.25, 0.3) is 0 Å². The first-order valence-corrected chi connectivity index (χ1v) is 11.0. The molecular weight excluding hydrogens is 414 g/mol. The van der Waals surface area contributed by atoms with E-state index < -0.39 is 36.4 Å². The number of nitrogen functional groups attached to an aromatic ring is 1. The molecule has 1 aliphatic heterocycles. The summed E-state index contributed by atoms with van der Waals surface area (Å²) in [6.45, 7) is 0.155. The van der Waals surface area contributed by atoms with Gasteiger partial charge in [0.1, 0.15) is 30.2 Å². The highest BCUT2D eigenvalue weighted by Gasteiger charge is 2.43. The Morgan fingerprint density at radius 3 is 2.83 bits per heavy atom. The van der Waals surface area contributed by atoms with Gasteiger partial charge in [0.2, 0.25) is 0 Å². The van der Waals surface area contributed by atoms with Crippen LogP contribution in [0.25, 0.3) is 11.2 Å². The maximum atomic E-state index is 12.2. The Morgan fingerprint density at radius 1 is 1.37 bits per heavy atom. The predicted molar refractivity (Wildman–Crippen MR) is 108 cm³/mol. The van der Waals surface area contributed by atoms with Crippen molar-refractivity contribution in [3.05, 3.63) is 12.7 Å². The molecule has 12 nitrogen and oxygen atoms in total. The molecule has 2 aromatic rings. The number of rotatable bonds is 9. The number of carbonyl (C=O) groups excluding carboxylic acids is 1. The number of nitrogens with zero attached hydrogens (tertiary/aromatic N) is 5. The number of aliphatic hydroxyl groups is 2. The number of quaternary nitrogens is 1. The SMILES string of the molecule is CSCC[C@H]([NH3+])C(=O)N(O)C[C@H]1O[C@@H](CCn2cnc3c(N)ncnc32)[C@H](O)[C@@H]1O. The Morgan fingerprint density at radius 2 is 2.10 bits per heavy atom. The second-order valence-corrected chi connectivity index (χ2v) is 8.24. The van der Waals surface area contributed by atoms with Crippen molar-refractivity contribution >= 4 is 34.7 Å². The lowest BCUT2D eigenvalue weighted by molar-refractivity contribution is -0.409. The van der Waals surface area contributed by atoms with Gasteiger partial charge in [0.05, 0.1) is 19.0 Å². The molecule has 0 spiro atoms. The van der Waals surface area contributed by atoms with Crippen LogP contribution in [0.5, 0.6) is 0 Å². The van der Waals surface area contributed by atoms with Crippen LogP contribution in [0.2, 0.25) is 0 Å². The molecule has 1 fully saturated rings. The fourth-order valence-corrected chi connectivity index (χ4v) is 3.92. The number of thioether (sulfide) groups is 1. The summed E-state index contributed by atoms with van der Waals surface area (Å²) >= 11 is 1.59. The number of amides is 1. The van der Waals surface area contributed by atoms with Crippen molar-refractivity contribution in [2.24, 2.45) is 0 Å². The summed E-state index contributed by atoms with van der Waals surface area (Å²) in [5.41, 5.74) is 10.6. The van der Waals surface area contributed by atoms with Gasteiger partial charge < -0.3 is 31.0 Å². The number of fused-ring (bicyclic) bond motifs is 1. The van der Waals surface area contributed by atoms with Crippen LogP contribution in [-0.4, -0.2) is 94.9 Å². The monoisotopic (exact) mass is 442 g/mol. The van der Waals surface area contributed by atoms with E-state index in [4.69, 9.17) is 10.5 Å². The van der Waals surface area contributed by atoms with E-state index in [-0.39, 0.29) is 12.4 Å². The maximum absolute atomic E-state index is 12.2. The second-order valence-electron chi connectivity index (χ2n) is 7.25. The third-order valence-corrected chi connectivity index (χ3v) is 5.82. The Balaban J connectivity index is 1.57. The molecule has 0 radical (unpaired) electrons. The molecule has 0 aliphatic carbocycles. The number of hydrogen-bond acceptors (Lipinski definition) is 10. The molecular formula is C17H28N7O5S+. The maximum Gasteiger partial charge on any atom is 0.304 e. The van der Waals surface area contributed by atoms with Crippen molar-refractivity contribution < 1.29 is 30.7 Å². The number of aromatic nitrogens is 4. The zero-order chi connectivity index (χ0) is 21.8. The molecule has 3 heterocycles. The van der Waals surface area contributed by atoms with E-state index >= 15 is 0 Å². The number of ether oxygens (including phenoxy) is 1. The van der Waals surface area contributed by atoms with Crippen LogP contribution in [0.3, 0.4) is 0 Å². The Labute approximate surface area is 177 Å². The largest absolute Gasteiger partial charge is 0.388 e. The summed E-state index contributed by atoms with van der Waals surface area (Å²) in [4.78, 5) is 24.5. The lowest BCUT2D eigenvalue weighted by atomic mass is 10.1. The van der Waals surface area contributed by atoms with E-state index in [1.54, 1.807) is 22.7 Å². The number of hydrogen-bond donors (Lipinski definition) is 5. The predicted octanol–water partition coefficient (Wildman–Crippen LogP) is -2.13. The first kappa shape index (κ1) is 22.7. The molecule has 0 unspecified atom stereocenters. The Hall–Kier alpha value is -2.03. The van der Waals surface area contributed by atoms with Crippen LogP contribution in [0.15, 0.2) is 12.7 Å². The van der Waals surface area contributed by atoms with E-state index in [9.17, 15) is 20.2 Å². The number of aliphatic hydroxyl groups excluding tert-OH is 2. The molecule has 0 bridgehead atoms. The van der Waals surface area contributed by atoms with E-state index in [1.807, 2.05) is 6.26 Å². The summed E-state index contributed by atoms with van der Waals surface area (Å²) in [6.07, 6.45) is 1.75. The molecule has 1 aliphatic rings. The molecule has 3 rings (SSSR count). The third-order valence-electron chi connectivity index (χ3n) is 5.17. The summed E-state index contributed by atoms with van der Waals surface area (Å²) in [7, 11) is 0. The third kappa shape index (κ3) is 4.82. The van der Waals surface area contributed by atoms with Crippen molar-refractivity contribution in [3.63, 3.8) is 0 Å². The lowest BCUT2D eigenvalue weighted by Crippen LogP contribution is -2.68. The molecule has 2 aromatic heterocycles. The molecule has 1 amide bonds. The van der Waals surface area contributed by atoms with Crippen LogP contribution in [-0.2, 0) is 16.1 Å². The van der Waals surface area contributed by atoms with Crippen LogP contribution in [0.1, 0.15) is 12.8 Å². The first-order chi connectivity index (χ1) is 14.3. The molecule has 0 saturated carbocycles. The average Bonchev–Trinajstić information content (AvgIpc) is 3.27. The molecule has 1 saturated heterocycles. The molecule has 13 heteroatoms. The van der Waals surface area contributed by atoms with Crippen molar-refractivity contribution in [3.8, 4) is 0 Å². The van der Waals surface area contributed by atoms with Gasteiger partial charge in [-0.2, -0.15) is 11.8 Å². The van der Waals surface area contributed by atoms with Gasteiger partial charge in [-0.05, 0) is 18.4 Å². The van der Waals surface area contributed by atoms with Crippen molar-refractivity contribution in [2.75, 3.05) is 24.3 Å². The first-order valence-electron chi connectivity index (χ1n) is 9.58. The normalized spacial score (nSPS) is 25.0. The molecule has 166 valence electrons. The highest BCUT2D eigenvalue weighted by Crippen LogP contribution is 2.25. The van der Waals surface area contributed by atoms with Crippen LogP contribution in [0, 0.1) is 0 Å². The number of nitrogens with two attached hydrogens (primary N) is 1. The zero-order valence-electron chi connectivity index (χ0n) is 16.7. The van der Waals surface area contributed by atoms with E-state index in [2.05, 4.69) is 20.7 Å². The number of imidazole rings is 1. The Kier molecular flexibility index (Phi) is 7.44. The second kappa shape index (κ2) is 9.85. The van der Waals surface area contributed by atoms with E-state index in [0.29, 0.717) is 35.6 Å². The van der Waals surface area contributed by atoms with Crippen LogP contribution >= 0.6 is 11.8 Å². The van der Waals surface area contributed by atoms with Crippen molar-refractivity contribution in [1.82, 2.24) is 24.6 Å². The van der Waals surface area contributed by atoms with Gasteiger partial charge in [0.15, 0.2) is 17.5 Å². The van der Waals surface area contributed by atoms with E-state index in [0.717, 1.165) is 5.75 Å². The highest BCUT2D eigenvalue weighted by atomic mass is 32.2.